The van der Waals surface area contributed by atoms with Crippen molar-refractivity contribution < 1.29 is 4.79 Å². The number of likely N-dealkylation sites (N-methyl/N-ethyl adjacent to an activating group) is 1. The minimum Gasteiger partial charge on any atom is -0.319 e. The highest BCUT2D eigenvalue weighted by Crippen LogP contribution is 2.31. The Balaban J connectivity index is 2.24. The van der Waals surface area contributed by atoms with Crippen molar-refractivity contribution in [3.8, 4) is 0 Å². The zero-order valence-electron chi connectivity index (χ0n) is 13.0. The lowest BCUT2D eigenvalue weighted by molar-refractivity contribution is -0.131. The lowest BCUT2D eigenvalue weighted by atomic mass is 10.0. The van der Waals surface area contributed by atoms with Gasteiger partial charge in [0.05, 0.1) is 6.04 Å². The van der Waals surface area contributed by atoms with Crippen molar-refractivity contribution in [2.45, 2.75) is 44.9 Å². The first-order valence-corrected chi connectivity index (χ1v) is 8.02. The molecule has 4 nitrogen and oxygen atoms in total. The Morgan fingerprint density at radius 3 is 2.65 bits per heavy atom. The van der Waals surface area contributed by atoms with Gasteiger partial charge in [-0.1, -0.05) is 13.0 Å². The number of amides is 1. The summed E-state index contributed by atoms with van der Waals surface area (Å²) in [5.74, 6) is 0.223. The molecule has 2 atom stereocenters. The summed E-state index contributed by atoms with van der Waals surface area (Å²) in [6.07, 6.45) is 0.853. The number of carbonyl (C=O) groups is 1. The van der Waals surface area contributed by atoms with Gasteiger partial charge in [-0.05, 0) is 45.8 Å². The molecule has 1 aliphatic heterocycles. The number of carbonyl (C=O) groups excluding carboxylic acids is 1. The molecular weight excluding hydrogens is 270 g/mol. The van der Waals surface area contributed by atoms with Crippen LogP contribution in [0.1, 0.15) is 38.2 Å². The summed E-state index contributed by atoms with van der Waals surface area (Å²) in [4.78, 5) is 18.0. The minimum absolute atomic E-state index is 0.0201. The van der Waals surface area contributed by atoms with E-state index in [1.807, 2.05) is 11.0 Å². The quantitative estimate of drug-likeness (QED) is 0.905. The average molecular weight is 295 g/mol. The molecule has 1 fully saturated rings. The lowest BCUT2D eigenvalue weighted by Crippen LogP contribution is -2.49. The second kappa shape index (κ2) is 5.84. The van der Waals surface area contributed by atoms with Crippen LogP contribution in [0.5, 0.6) is 0 Å². The van der Waals surface area contributed by atoms with E-state index >= 15 is 0 Å². The molecule has 5 heteroatoms. The third-order valence-corrected chi connectivity index (χ3v) is 5.17. The van der Waals surface area contributed by atoms with Gasteiger partial charge in [0, 0.05) is 17.0 Å². The molecule has 0 bridgehead atoms. The highest BCUT2D eigenvalue weighted by molar-refractivity contribution is 7.10. The fourth-order valence-electron chi connectivity index (χ4n) is 2.38. The molecule has 1 aromatic rings. The van der Waals surface area contributed by atoms with Gasteiger partial charge in [0.15, 0.2) is 0 Å². The summed E-state index contributed by atoms with van der Waals surface area (Å²) in [5, 5.41) is 5.54. The average Bonchev–Trinajstić information content (AvgIpc) is 2.99. The van der Waals surface area contributed by atoms with Gasteiger partial charge in [0.2, 0.25) is 5.91 Å². The smallest absolute Gasteiger partial charge is 0.241 e. The predicted molar refractivity (Wildman–Crippen MR) is 83.8 cm³/mol. The summed E-state index contributed by atoms with van der Waals surface area (Å²) >= 11 is 1.70. The first-order chi connectivity index (χ1) is 9.36. The summed E-state index contributed by atoms with van der Waals surface area (Å²) < 4.78 is 0. The van der Waals surface area contributed by atoms with E-state index in [0.717, 1.165) is 13.0 Å². The van der Waals surface area contributed by atoms with Crippen LogP contribution in [0.4, 0.5) is 0 Å². The van der Waals surface area contributed by atoms with E-state index < -0.39 is 0 Å². The molecule has 1 saturated heterocycles. The van der Waals surface area contributed by atoms with E-state index in [9.17, 15) is 4.79 Å². The van der Waals surface area contributed by atoms with E-state index in [4.69, 9.17) is 0 Å². The molecule has 2 rings (SSSR count). The molecule has 0 saturated carbocycles. The van der Waals surface area contributed by atoms with Crippen molar-refractivity contribution in [1.82, 2.24) is 15.1 Å². The van der Waals surface area contributed by atoms with Crippen LogP contribution in [-0.2, 0) is 4.79 Å². The Hall–Kier alpha value is -0.910. The minimum atomic E-state index is -0.0555. The molecule has 2 heterocycles. The number of hydrogen-bond donors (Lipinski definition) is 1. The van der Waals surface area contributed by atoms with Crippen LogP contribution in [0, 0.1) is 0 Å². The van der Waals surface area contributed by atoms with Gasteiger partial charge < -0.3 is 9.80 Å². The number of rotatable bonds is 5. The van der Waals surface area contributed by atoms with Gasteiger partial charge in [0.25, 0.3) is 0 Å². The Bertz CT molecular complexity index is 456. The first-order valence-electron chi connectivity index (χ1n) is 7.14. The monoisotopic (exact) mass is 295 g/mol. The molecule has 20 heavy (non-hydrogen) atoms. The number of hydrogen-bond acceptors (Lipinski definition) is 4. The topological polar surface area (TPSA) is 35.6 Å². The summed E-state index contributed by atoms with van der Waals surface area (Å²) in [6.45, 7) is 7.13. The standard InChI is InChI=1S/C15H25N3OS/c1-6-11-14(19)18(10-15(2,3)17(4)5)13(16-11)12-8-7-9-20-12/h7-9,11,13,16H,6,10H2,1-5H3. The second-order valence-corrected chi connectivity index (χ2v) is 7.20. The van der Waals surface area contributed by atoms with Gasteiger partial charge in [-0.25, -0.2) is 0 Å². The van der Waals surface area contributed by atoms with Gasteiger partial charge in [-0.3, -0.25) is 10.1 Å². The molecule has 1 N–H and O–H groups in total. The highest BCUT2D eigenvalue weighted by Gasteiger charge is 2.41. The van der Waals surface area contributed by atoms with Crippen LogP contribution in [0.2, 0.25) is 0 Å². The zero-order chi connectivity index (χ0) is 14.9. The Morgan fingerprint density at radius 1 is 1.45 bits per heavy atom. The van der Waals surface area contributed by atoms with Crippen LogP contribution in [0.15, 0.2) is 17.5 Å². The molecule has 1 aromatic heterocycles. The Morgan fingerprint density at radius 2 is 2.15 bits per heavy atom. The number of thiophene rings is 1. The molecule has 2 unspecified atom stereocenters. The highest BCUT2D eigenvalue weighted by atomic mass is 32.1. The van der Waals surface area contributed by atoms with Crippen molar-refractivity contribution in [2.75, 3.05) is 20.6 Å². The maximum Gasteiger partial charge on any atom is 0.241 e. The fraction of sp³-hybridized carbons (Fsp3) is 0.667. The van der Waals surface area contributed by atoms with E-state index in [1.165, 1.54) is 4.88 Å². The number of nitrogens with one attached hydrogen (secondary N) is 1. The molecule has 0 radical (unpaired) electrons. The molecule has 0 spiro atoms. The summed E-state index contributed by atoms with van der Waals surface area (Å²) in [6, 6.07) is 4.09. The third-order valence-electron chi connectivity index (χ3n) is 4.24. The molecule has 0 aromatic carbocycles. The van der Waals surface area contributed by atoms with Gasteiger partial charge in [0.1, 0.15) is 6.17 Å². The zero-order valence-corrected chi connectivity index (χ0v) is 13.8. The van der Waals surface area contributed by atoms with E-state index in [-0.39, 0.29) is 23.7 Å². The maximum atomic E-state index is 12.6. The number of nitrogens with zero attached hydrogens (tertiary/aromatic N) is 2. The summed E-state index contributed by atoms with van der Waals surface area (Å²) in [5.41, 5.74) is -0.0461. The van der Waals surface area contributed by atoms with Crippen molar-refractivity contribution >= 4 is 17.2 Å². The van der Waals surface area contributed by atoms with Crippen molar-refractivity contribution in [1.29, 1.82) is 0 Å². The van der Waals surface area contributed by atoms with Gasteiger partial charge in [-0.15, -0.1) is 11.3 Å². The molecule has 112 valence electrons. The predicted octanol–water partition coefficient (Wildman–Crippen LogP) is 2.30. The van der Waals surface area contributed by atoms with Crippen molar-refractivity contribution in [2.24, 2.45) is 0 Å². The first kappa shape index (κ1) is 15.5. The van der Waals surface area contributed by atoms with Crippen LogP contribution in [0.25, 0.3) is 0 Å². The van der Waals surface area contributed by atoms with E-state index in [2.05, 4.69) is 56.5 Å². The van der Waals surface area contributed by atoms with Gasteiger partial charge in [-0.2, -0.15) is 0 Å². The van der Waals surface area contributed by atoms with Crippen molar-refractivity contribution in [3.63, 3.8) is 0 Å². The van der Waals surface area contributed by atoms with E-state index in [0.29, 0.717) is 0 Å². The Labute approximate surface area is 125 Å². The SMILES string of the molecule is CCC1NC(c2cccs2)N(CC(C)(C)N(C)C)C1=O. The summed E-state index contributed by atoms with van der Waals surface area (Å²) in [7, 11) is 4.12. The molecule has 0 aliphatic carbocycles. The molecule has 1 amide bonds. The van der Waals surface area contributed by atoms with E-state index in [1.54, 1.807) is 11.3 Å². The Kier molecular flexibility index (Phi) is 4.52. The fourth-order valence-corrected chi connectivity index (χ4v) is 3.18. The van der Waals surface area contributed by atoms with Crippen molar-refractivity contribution in [3.05, 3.63) is 22.4 Å². The van der Waals surface area contributed by atoms with Crippen LogP contribution >= 0.6 is 11.3 Å². The maximum absolute atomic E-state index is 12.6. The van der Waals surface area contributed by atoms with Crippen LogP contribution < -0.4 is 5.32 Å². The largest absolute Gasteiger partial charge is 0.319 e. The van der Waals surface area contributed by atoms with Crippen LogP contribution in [-0.4, -0.2) is 47.9 Å². The van der Waals surface area contributed by atoms with Gasteiger partial charge >= 0.3 is 0 Å². The van der Waals surface area contributed by atoms with Crippen LogP contribution in [0.3, 0.4) is 0 Å². The third kappa shape index (κ3) is 2.90. The normalized spacial score (nSPS) is 23.9. The second-order valence-electron chi connectivity index (χ2n) is 6.22. The lowest BCUT2D eigenvalue weighted by Gasteiger charge is -2.38. The molecule has 1 aliphatic rings. The molecular formula is C15H25N3OS.